The predicted octanol–water partition coefficient (Wildman–Crippen LogP) is 2.67. The molecule has 3 nitrogen and oxygen atoms in total. The first-order chi connectivity index (χ1) is 8.02. The van der Waals surface area contributed by atoms with Crippen molar-refractivity contribution in [1.29, 1.82) is 0 Å². The highest BCUT2D eigenvalue weighted by Crippen LogP contribution is 2.22. The molecule has 1 aromatic carbocycles. The fourth-order valence-corrected chi connectivity index (χ4v) is 2.23. The Balaban J connectivity index is 2.55. The number of halogens is 2. The van der Waals surface area contributed by atoms with Crippen molar-refractivity contribution in [2.24, 2.45) is 0 Å². The summed E-state index contributed by atoms with van der Waals surface area (Å²) in [6.45, 7) is 3.60. The summed E-state index contributed by atoms with van der Waals surface area (Å²) in [6.07, 6.45) is 0. The Morgan fingerprint density at radius 3 is 2.82 bits per heavy atom. The van der Waals surface area contributed by atoms with Crippen molar-refractivity contribution in [3.8, 4) is 0 Å². The van der Waals surface area contributed by atoms with Crippen LogP contribution in [0.2, 0.25) is 5.02 Å². The van der Waals surface area contributed by atoms with Crippen molar-refractivity contribution in [3.05, 3.63) is 33.3 Å². The summed E-state index contributed by atoms with van der Waals surface area (Å²) in [6, 6.07) is 5.76. The highest BCUT2D eigenvalue weighted by molar-refractivity contribution is 9.10. The second-order valence-corrected chi connectivity index (χ2v) is 5.18. The zero-order chi connectivity index (χ0) is 12.8. The summed E-state index contributed by atoms with van der Waals surface area (Å²) in [7, 11) is 1.90. The number of carbonyl (C=O) groups is 1. The number of hydrogen-bond acceptors (Lipinski definition) is 2. The van der Waals surface area contributed by atoms with E-state index >= 15 is 0 Å². The number of nitrogens with zero attached hydrogens (tertiary/aromatic N) is 1. The van der Waals surface area contributed by atoms with Crippen LogP contribution >= 0.6 is 27.5 Å². The maximum absolute atomic E-state index is 11.4. The topological polar surface area (TPSA) is 32.3 Å². The van der Waals surface area contributed by atoms with Crippen LogP contribution in [0, 0.1) is 0 Å². The first-order valence-electron chi connectivity index (χ1n) is 5.42. The number of likely N-dealkylation sites (N-methyl/N-ethyl adjacent to an activating group) is 2. The van der Waals surface area contributed by atoms with Crippen LogP contribution in [0.1, 0.15) is 12.5 Å². The molecule has 1 aromatic rings. The maximum atomic E-state index is 11.4. The highest BCUT2D eigenvalue weighted by Gasteiger charge is 2.08. The van der Waals surface area contributed by atoms with E-state index in [9.17, 15) is 4.79 Å². The Morgan fingerprint density at radius 2 is 2.24 bits per heavy atom. The molecule has 5 heteroatoms. The Bertz CT molecular complexity index is 398. The van der Waals surface area contributed by atoms with Crippen molar-refractivity contribution in [3.63, 3.8) is 0 Å². The van der Waals surface area contributed by atoms with Crippen LogP contribution in [0.15, 0.2) is 22.7 Å². The fraction of sp³-hybridized carbons (Fsp3) is 0.417. The van der Waals surface area contributed by atoms with Gasteiger partial charge in [0.1, 0.15) is 0 Å². The van der Waals surface area contributed by atoms with E-state index in [2.05, 4.69) is 21.2 Å². The van der Waals surface area contributed by atoms with Crippen molar-refractivity contribution >= 4 is 33.4 Å². The van der Waals surface area contributed by atoms with Crippen molar-refractivity contribution in [2.75, 3.05) is 20.1 Å². The van der Waals surface area contributed by atoms with Crippen LogP contribution in [-0.4, -0.2) is 30.9 Å². The lowest BCUT2D eigenvalue weighted by Gasteiger charge is -2.16. The molecule has 0 radical (unpaired) electrons. The van der Waals surface area contributed by atoms with E-state index in [-0.39, 0.29) is 5.91 Å². The van der Waals surface area contributed by atoms with Gasteiger partial charge in [-0.05, 0) is 31.7 Å². The third-order valence-electron chi connectivity index (χ3n) is 2.24. The van der Waals surface area contributed by atoms with Gasteiger partial charge in [-0.15, -0.1) is 0 Å². The molecule has 1 rings (SSSR count). The molecule has 0 fully saturated rings. The van der Waals surface area contributed by atoms with E-state index in [0.717, 1.165) is 10.0 Å². The average Bonchev–Trinajstić information content (AvgIpc) is 2.22. The van der Waals surface area contributed by atoms with E-state index in [1.807, 2.05) is 37.1 Å². The zero-order valence-corrected chi connectivity index (χ0v) is 12.3. The van der Waals surface area contributed by atoms with Crippen molar-refractivity contribution < 1.29 is 4.79 Å². The quantitative estimate of drug-likeness (QED) is 0.905. The molecule has 1 N–H and O–H groups in total. The zero-order valence-electron chi connectivity index (χ0n) is 9.96. The van der Waals surface area contributed by atoms with E-state index in [1.54, 1.807) is 0 Å². The van der Waals surface area contributed by atoms with Crippen LogP contribution in [0.4, 0.5) is 0 Å². The van der Waals surface area contributed by atoms with Crippen LogP contribution in [0.25, 0.3) is 0 Å². The van der Waals surface area contributed by atoms with Gasteiger partial charge in [-0.25, -0.2) is 0 Å². The Hall–Kier alpha value is -0.580. The number of benzene rings is 1. The lowest BCUT2D eigenvalue weighted by Crippen LogP contribution is -2.34. The molecule has 1 amide bonds. The van der Waals surface area contributed by atoms with Gasteiger partial charge < -0.3 is 5.32 Å². The Kier molecular flexibility index (Phi) is 5.95. The van der Waals surface area contributed by atoms with Crippen LogP contribution in [-0.2, 0) is 11.3 Å². The van der Waals surface area contributed by atoms with Crippen LogP contribution in [0.5, 0.6) is 0 Å². The van der Waals surface area contributed by atoms with Gasteiger partial charge in [-0.3, -0.25) is 9.69 Å². The SMILES string of the molecule is CCNC(=O)CN(C)Cc1ccc(Br)cc1Cl. The molecule has 94 valence electrons. The molecule has 0 aliphatic rings. The maximum Gasteiger partial charge on any atom is 0.234 e. The summed E-state index contributed by atoms with van der Waals surface area (Å²) in [5, 5.41) is 3.48. The van der Waals surface area contributed by atoms with E-state index in [1.165, 1.54) is 0 Å². The molecule has 0 aromatic heterocycles. The van der Waals surface area contributed by atoms with Gasteiger partial charge in [0.2, 0.25) is 5.91 Å². The van der Waals surface area contributed by atoms with Gasteiger partial charge in [-0.1, -0.05) is 33.6 Å². The molecule has 17 heavy (non-hydrogen) atoms. The molecular weight excluding hydrogens is 304 g/mol. The number of rotatable bonds is 5. The van der Waals surface area contributed by atoms with E-state index in [0.29, 0.717) is 24.7 Å². The van der Waals surface area contributed by atoms with Gasteiger partial charge in [0, 0.05) is 22.6 Å². The summed E-state index contributed by atoms with van der Waals surface area (Å²) >= 11 is 9.48. The van der Waals surface area contributed by atoms with Crippen molar-refractivity contribution in [1.82, 2.24) is 10.2 Å². The fourth-order valence-electron chi connectivity index (χ4n) is 1.49. The van der Waals surface area contributed by atoms with Gasteiger partial charge >= 0.3 is 0 Å². The van der Waals surface area contributed by atoms with E-state index in [4.69, 9.17) is 11.6 Å². The van der Waals surface area contributed by atoms with Crippen molar-refractivity contribution in [2.45, 2.75) is 13.5 Å². The molecule has 0 saturated carbocycles. The second kappa shape index (κ2) is 6.99. The number of hydrogen-bond donors (Lipinski definition) is 1. The lowest BCUT2D eigenvalue weighted by molar-refractivity contribution is -0.121. The van der Waals surface area contributed by atoms with E-state index < -0.39 is 0 Å². The molecule has 0 atom stereocenters. The minimum Gasteiger partial charge on any atom is -0.355 e. The van der Waals surface area contributed by atoms with Crippen LogP contribution < -0.4 is 5.32 Å². The Labute approximate surface area is 115 Å². The summed E-state index contributed by atoms with van der Waals surface area (Å²) in [5.41, 5.74) is 1.02. The molecule has 0 unspecified atom stereocenters. The monoisotopic (exact) mass is 318 g/mol. The summed E-state index contributed by atoms with van der Waals surface area (Å²) < 4.78 is 0.956. The smallest absolute Gasteiger partial charge is 0.234 e. The van der Waals surface area contributed by atoms with Gasteiger partial charge in [-0.2, -0.15) is 0 Å². The molecular formula is C12H16BrClN2O. The van der Waals surface area contributed by atoms with Crippen LogP contribution in [0.3, 0.4) is 0 Å². The summed E-state index contributed by atoms with van der Waals surface area (Å²) in [4.78, 5) is 13.3. The average molecular weight is 320 g/mol. The van der Waals surface area contributed by atoms with Gasteiger partial charge in [0.15, 0.2) is 0 Å². The third kappa shape index (κ3) is 5.06. The Morgan fingerprint density at radius 1 is 1.53 bits per heavy atom. The first-order valence-corrected chi connectivity index (χ1v) is 6.59. The minimum absolute atomic E-state index is 0.0308. The van der Waals surface area contributed by atoms with Gasteiger partial charge in [0.25, 0.3) is 0 Å². The molecule has 0 spiro atoms. The largest absolute Gasteiger partial charge is 0.355 e. The first kappa shape index (κ1) is 14.5. The highest BCUT2D eigenvalue weighted by atomic mass is 79.9. The summed E-state index contributed by atoms with van der Waals surface area (Å²) in [5.74, 6) is 0.0308. The standard InChI is InChI=1S/C12H16BrClN2O/c1-3-15-12(17)8-16(2)7-9-4-5-10(13)6-11(9)14/h4-6H,3,7-8H2,1-2H3,(H,15,17). The number of carbonyl (C=O) groups excluding carboxylic acids is 1. The minimum atomic E-state index is 0.0308. The third-order valence-corrected chi connectivity index (χ3v) is 3.09. The molecule has 0 aliphatic carbocycles. The second-order valence-electron chi connectivity index (χ2n) is 3.86. The molecule has 0 heterocycles. The number of nitrogens with one attached hydrogen (secondary N) is 1. The lowest BCUT2D eigenvalue weighted by atomic mass is 10.2. The van der Waals surface area contributed by atoms with Gasteiger partial charge in [0.05, 0.1) is 6.54 Å². The number of amides is 1. The predicted molar refractivity (Wildman–Crippen MR) is 74.2 cm³/mol. The molecule has 0 bridgehead atoms. The molecule has 0 saturated heterocycles. The molecule has 0 aliphatic heterocycles. The normalized spacial score (nSPS) is 10.6.